The van der Waals surface area contributed by atoms with Crippen LogP contribution in [0.4, 0.5) is 10.1 Å². The van der Waals surface area contributed by atoms with Gasteiger partial charge in [-0.2, -0.15) is 5.10 Å². The number of carbonyl (C=O) groups excluding carboxylic acids is 4. The molecule has 1 atom stereocenters. The number of hydrogen-bond donors (Lipinski definition) is 3. The lowest BCUT2D eigenvalue weighted by Crippen LogP contribution is -2.30. The normalized spacial score (nSPS) is 15.7. The molecule has 3 heterocycles. The van der Waals surface area contributed by atoms with E-state index >= 15 is 0 Å². The molecule has 0 fully saturated rings. The maximum absolute atomic E-state index is 14.6. The molecule has 0 unspecified atom stereocenters. The van der Waals surface area contributed by atoms with Crippen molar-refractivity contribution in [2.45, 2.75) is 52.1 Å². The second kappa shape index (κ2) is 10.2. The van der Waals surface area contributed by atoms with Crippen molar-refractivity contribution in [1.29, 1.82) is 0 Å². The zero-order valence-electron chi connectivity index (χ0n) is 22.5. The van der Waals surface area contributed by atoms with Gasteiger partial charge in [0, 0.05) is 30.3 Å². The topological polar surface area (TPSA) is 135 Å². The van der Waals surface area contributed by atoms with Gasteiger partial charge < -0.3 is 16.0 Å². The van der Waals surface area contributed by atoms with Crippen molar-refractivity contribution >= 4 is 34.8 Å². The minimum absolute atomic E-state index is 0.0122. The summed E-state index contributed by atoms with van der Waals surface area (Å²) < 4.78 is 15.6. The van der Waals surface area contributed by atoms with Crippen molar-refractivity contribution in [3.05, 3.63) is 93.2 Å². The summed E-state index contributed by atoms with van der Waals surface area (Å²) in [6.45, 7) is 3.57. The first-order chi connectivity index (χ1) is 19.7. The van der Waals surface area contributed by atoms with Crippen molar-refractivity contribution in [1.82, 2.24) is 25.2 Å². The number of aromatic nitrogens is 3. The largest absolute Gasteiger partial charge is 0.347 e. The van der Waals surface area contributed by atoms with E-state index in [-0.39, 0.29) is 41.3 Å². The summed E-state index contributed by atoms with van der Waals surface area (Å²) in [5.41, 5.74) is 5.62. The molecule has 208 valence electrons. The van der Waals surface area contributed by atoms with Crippen LogP contribution in [-0.2, 0) is 24.2 Å². The highest BCUT2D eigenvalue weighted by Gasteiger charge is 2.29. The van der Waals surface area contributed by atoms with Gasteiger partial charge in [0.25, 0.3) is 11.8 Å². The number of aryl methyl sites for hydroxylation is 1. The first-order valence-electron chi connectivity index (χ1n) is 13.4. The molecule has 4 aromatic rings. The summed E-state index contributed by atoms with van der Waals surface area (Å²) in [4.78, 5) is 54.4. The van der Waals surface area contributed by atoms with Crippen molar-refractivity contribution in [3.8, 4) is 0 Å². The van der Waals surface area contributed by atoms with E-state index in [2.05, 4.69) is 26.0 Å². The average Bonchev–Trinajstić information content (AvgIpc) is 3.54. The molecule has 2 aromatic carbocycles. The predicted octanol–water partition coefficient (Wildman–Crippen LogP) is 3.61. The number of anilines is 1. The highest BCUT2D eigenvalue weighted by Crippen LogP contribution is 2.35. The number of ketones is 1. The number of halogens is 1. The summed E-state index contributed by atoms with van der Waals surface area (Å²) >= 11 is 0. The number of nitrogens with zero attached hydrogens (tertiary/aromatic N) is 3. The Morgan fingerprint density at radius 3 is 2.73 bits per heavy atom. The van der Waals surface area contributed by atoms with Crippen LogP contribution in [0.15, 0.2) is 42.6 Å². The van der Waals surface area contributed by atoms with E-state index in [0.29, 0.717) is 36.9 Å². The van der Waals surface area contributed by atoms with Crippen molar-refractivity contribution in [2.75, 3.05) is 5.32 Å². The van der Waals surface area contributed by atoms with Gasteiger partial charge in [-0.25, -0.2) is 13.9 Å². The van der Waals surface area contributed by atoms with Gasteiger partial charge in [-0.05, 0) is 67.0 Å². The third kappa shape index (κ3) is 4.83. The van der Waals surface area contributed by atoms with Gasteiger partial charge in [0.15, 0.2) is 17.2 Å². The molecule has 3 amide bonds. The number of Topliss-reactive ketones (excluding diaryl/α,β-unsaturated/α-hetero) is 1. The van der Waals surface area contributed by atoms with Crippen molar-refractivity contribution in [3.63, 3.8) is 0 Å². The SMILES string of the molecule is CC(=O)c1ccc2c(c1C)CC[C@@H]2NC(=O)c1cc(C(=O)NCc2ccc3c(c2)NC(=O)CC3)nc2c(F)cnn12. The molecule has 6 rings (SSSR count). The summed E-state index contributed by atoms with van der Waals surface area (Å²) in [6, 6.07) is 10.2. The fraction of sp³-hybridized carbons (Fsp3) is 0.267. The molecule has 1 aliphatic heterocycles. The molecular weight excluding hydrogens is 527 g/mol. The van der Waals surface area contributed by atoms with Gasteiger partial charge in [0.2, 0.25) is 5.91 Å². The monoisotopic (exact) mass is 554 g/mol. The van der Waals surface area contributed by atoms with E-state index in [9.17, 15) is 23.6 Å². The molecule has 0 saturated heterocycles. The average molecular weight is 555 g/mol. The van der Waals surface area contributed by atoms with E-state index in [4.69, 9.17) is 0 Å². The third-order valence-electron chi connectivity index (χ3n) is 7.79. The number of hydrogen-bond acceptors (Lipinski definition) is 6. The second-order valence-corrected chi connectivity index (χ2v) is 10.4. The quantitative estimate of drug-likeness (QED) is 0.312. The van der Waals surface area contributed by atoms with E-state index in [0.717, 1.165) is 38.5 Å². The fourth-order valence-electron chi connectivity index (χ4n) is 5.66. The molecule has 3 N–H and O–H groups in total. The highest BCUT2D eigenvalue weighted by atomic mass is 19.1. The van der Waals surface area contributed by atoms with Crippen molar-refractivity contribution in [2.24, 2.45) is 0 Å². The van der Waals surface area contributed by atoms with Crippen LogP contribution in [0.2, 0.25) is 0 Å². The Morgan fingerprint density at radius 2 is 1.93 bits per heavy atom. The summed E-state index contributed by atoms with van der Waals surface area (Å²) in [5, 5.41) is 12.5. The fourth-order valence-corrected chi connectivity index (χ4v) is 5.66. The lowest BCUT2D eigenvalue weighted by Gasteiger charge is -2.18. The lowest BCUT2D eigenvalue weighted by atomic mass is 9.96. The Hall–Kier alpha value is -4.93. The molecule has 1 aliphatic carbocycles. The molecule has 10 nitrogen and oxygen atoms in total. The van der Waals surface area contributed by atoms with E-state index in [1.165, 1.54) is 13.0 Å². The van der Waals surface area contributed by atoms with Crippen LogP contribution in [0.25, 0.3) is 5.65 Å². The summed E-state index contributed by atoms with van der Waals surface area (Å²) in [5.74, 6) is -1.96. The van der Waals surface area contributed by atoms with Gasteiger partial charge in [0.05, 0.1) is 12.2 Å². The molecule has 0 bridgehead atoms. The van der Waals surface area contributed by atoms with E-state index in [1.54, 1.807) is 12.1 Å². The molecule has 0 radical (unpaired) electrons. The second-order valence-electron chi connectivity index (χ2n) is 10.4. The number of amides is 3. The van der Waals surface area contributed by atoms with E-state index < -0.39 is 17.6 Å². The van der Waals surface area contributed by atoms with Gasteiger partial charge in [-0.1, -0.05) is 24.3 Å². The van der Waals surface area contributed by atoms with Crippen LogP contribution in [0, 0.1) is 12.7 Å². The van der Waals surface area contributed by atoms with Crippen LogP contribution in [-0.4, -0.2) is 38.1 Å². The zero-order chi connectivity index (χ0) is 28.8. The maximum Gasteiger partial charge on any atom is 0.270 e. The van der Waals surface area contributed by atoms with Crippen LogP contribution in [0.1, 0.15) is 85.0 Å². The lowest BCUT2D eigenvalue weighted by molar-refractivity contribution is -0.116. The first kappa shape index (κ1) is 26.3. The molecule has 41 heavy (non-hydrogen) atoms. The van der Waals surface area contributed by atoms with Crippen LogP contribution >= 0.6 is 0 Å². The Balaban J connectivity index is 1.23. The molecule has 2 aromatic heterocycles. The Kier molecular flexibility index (Phi) is 6.56. The Morgan fingerprint density at radius 1 is 1.10 bits per heavy atom. The van der Waals surface area contributed by atoms with Crippen LogP contribution in [0.3, 0.4) is 0 Å². The summed E-state index contributed by atoms with van der Waals surface area (Å²) in [7, 11) is 0. The van der Waals surface area contributed by atoms with Gasteiger partial charge >= 0.3 is 0 Å². The first-order valence-corrected chi connectivity index (χ1v) is 13.4. The predicted molar refractivity (Wildman–Crippen MR) is 147 cm³/mol. The minimum atomic E-state index is -0.766. The van der Waals surface area contributed by atoms with Crippen LogP contribution in [0.5, 0.6) is 0 Å². The number of fused-ring (bicyclic) bond motifs is 3. The van der Waals surface area contributed by atoms with Crippen LogP contribution < -0.4 is 16.0 Å². The number of carbonyl (C=O) groups is 4. The third-order valence-corrected chi connectivity index (χ3v) is 7.79. The Labute approximate surface area is 234 Å². The molecule has 0 spiro atoms. The molecule has 2 aliphatic rings. The van der Waals surface area contributed by atoms with Gasteiger partial charge in [0.1, 0.15) is 11.4 Å². The zero-order valence-corrected chi connectivity index (χ0v) is 22.5. The van der Waals surface area contributed by atoms with Gasteiger partial charge in [-0.15, -0.1) is 0 Å². The van der Waals surface area contributed by atoms with Gasteiger partial charge in [-0.3, -0.25) is 19.2 Å². The van der Waals surface area contributed by atoms with Crippen molar-refractivity contribution < 1.29 is 23.6 Å². The number of benzene rings is 2. The highest BCUT2D eigenvalue weighted by molar-refractivity contribution is 5.99. The molecular formula is C30H27FN6O4. The minimum Gasteiger partial charge on any atom is -0.347 e. The smallest absolute Gasteiger partial charge is 0.270 e. The molecule has 0 saturated carbocycles. The number of nitrogens with one attached hydrogen (secondary N) is 3. The Bertz CT molecular complexity index is 1780. The summed E-state index contributed by atoms with van der Waals surface area (Å²) in [6.07, 6.45) is 3.38. The standard InChI is InChI=1S/C30H27FN6O4/c1-15-19(16(2)38)6-7-21-20(15)8-9-23(21)36-30(41)26-12-25(35-28-22(31)14-33-37(26)28)29(40)32-13-17-3-4-18-5-10-27(39)34-24(18)11-17/h3-4,6-7,11-12,14,23H,5,8-10,13H2,1-2H3,(H,32,40)(H,34,39)(H,36,41)/t23-/m0/s1. The molecule has 11 heteroatoms. The maximum atomic E-state index is 14.6. The van der Waals surface area contributed by atoms with E-state index in [1.807, 2.05) is 25.1 Å². The number of rotatable bonds is 6.